The molecule has 0 radical (unpaired) electrons. The molecular formula is C20H25NO3S. The predicted octanol–water partition coefficient (Wildman–Crippen LogP) is 4.21. The number of benzene rings is 1. The van der Waals surface area contributed by atoms with E-state index in [1.807, 2.05) is 29.2 Å². The standard InChI is InChI=1S/C20H25NO3S/c1-15(19(23)24)25-17-9-4-3-8-16(17)18(22)21-13-7-12-20(14-21)10-5-2-6-11-20/h2-5,8-9,15H,6-7,10-14H2,1H3,(H,23,24). The smallest absolute Gasteiger partial charge is 0.316 e. The molecule has 4 nitrogen and oxygen atoms in total. The van der Waals surface area contributed by atoms with Crippen molar-refractivity contribution < 1.29 is 14.7 Å². The Hall–Kier alpha value is -1.75. The van der Waals surface area contributed by atoms with Crippen LogP contribution in [0.3, 0.4) is 0 Å². The molecule has 1 fully saturated rings. The van der Waals surface area contributed by atoms with Gasteiger partial charge in [0.2, 0.25) is 0 Å². The zero-order valence-corrected chi connectivity index (χ0v) is 15.4. The fourth-order valence-corrected chi connectivity index (χ4v) is 4.77. The van der Waals surface area contributed by atoms with Crippen LogP contribution in [0.25, 0.3) is 0 Å². The van der Waals surface area contributed by atoms with E-state index in [1.54, 1.807) is 6.92 Å². The summed E-state index contributed by atoms with van der Waals surface area (Å²) in [5.74, 6) is -0.826. The summed E-state index contributed by atoms with van der Waals surface area (Å²) in [5.41, 5.74) is 0.864. The maximum Gasteiger partial charge on any atom is 0.316 e. The summed E-state index contributed by atoms with van der Waals surface area (Å²) in [7, 11) is 0. The van der Waals surface area contributed by atoms with E-state index in [-0.39, 0.29) is 11.3 Å². The minimum absolute atomic E-state index is 0.0364. The summed E-state index contributed by atoms with van der Waals surface area (Å²) in [4.78, 5) is 27.0. The molecule has 1 aliphatic carbocycles. The van der Waals surface area contributed by atoms with Gasteiger partial charge in [0.25, 0.3) is 5.91 Å². The molecule has 1 aromatic carbocycles. The van der Waals surface area contributed by atoms with Crippen LogP contribution in [0.4, 0.5) is 0 Å². The fourth-order valence-electron chi connectivity index (χ4n) is 3.85. The van der Waals surface area contributed by atoms with Gasteiger partial charge in [0, 0.05) is 18.0 Å². The number of carboxylic acid groups (broad SMARTS) is 1. The molecule has 134 valence electrons. The fraction of sp³-hybridized carbons (Fsp3) is 0.500. The average Bonchev–Trinajstić information content (AvgIpc) is 2.62. The number of amides is 1. The van der Waals surface area contributed by atoms with E-state index in [2.05, 4.69) is 12.2 Å². The third-order valence-electron chi connectivity index (χ3n) is 5.28. The number of hydrogen-bond donors (Lipinski definition) is 1. The summed E-state index contributed by atoms with van der Waals surface area (Å²) < 4.78 is 0. The summed E-state index contributed by atoms with van der Waals surface area (Å²) in [6.07, 6.45) is 10.0. The maximum atomic E-state index is 13.1. The van der Waals surface area contributed by atoms with Crippen molar-refractivity contribution in [1.29, 1.82) is 0 Å². The lowest BCUT2D eigenvalue weighted by atomic mass is 9.71. The van der Waals surface area contributed by atoms with Crippen molar-refractivity contribution in [3.63, 3.8) is 0 Å². The molecule has 1 saturated heterocycles. The summed E-state index contributed by atoms with van der Waals surface area (Å²) in [6, 6.07) is 7.38. The molecule has 0 bridgehead atoms. The van der Waals surface area contributed by atoms with Gasteiger partial charge in [-0.2, -0.15) is 0 Å². The number of carbonyl (C=O) groups excluding carboxylic acids is 1. The van der Waals surface area contributed by atoms with Crippen LogP contribution in [-0.2, 0) is 4.79 Å². The molecule has 2 atom stereocenters. The van der Waals surface area contributed by atoms with Crippen molar-refractivity contribution in [2.45, 2.75) is 49.2 Å². The molecule has 5 heteroatoms. The van der Waals surface area contributed by atoms with Crippen LogP contribution in [0.15, 0.2) is 41.3 Å². The van der Waals surface area contributed by atoms with Crippen LogP contribution in [0.1, 0.15) is 49.4 Å². The topological polar surface area (TPSA) is 57.6 Å². The zero-order chi connectivity index (χ0) is 17.9. The highest BCUT2D eigenvalue weighted by molar-refractivity contribution is 8.00. The first-order valence-corrected chi connectivity index (χ1v) is 9.81. The lowest BCUT2D eigenvalue weighted by Crippen LogP contribution is -2.46. The van der Waals surface area contributed by atoms with E-state index in [0.29, 0.717) is 5.56 Å². The second kappa shape index (κ2) is 7.65. The molecule has 1 spiro atoms. The van der Waals surface area contributed by atoms with Crippen LogP contribution in [0.2, 0.25) is 0 Å². The van der Waals surface area contributed by atoms with Gasteiger partial charge in [-0.05, 0) is 56.6 Å². The van der Waals surface area contributed by atoms with Crippen molar-refractivity contribution in [2.24, 2.45) is 5.41 Å². The highest BCUT2D eigenvalue weighted by atomic mass is 32.2. The normalized spacial score (nSPS) is 24.3. The molecule has 3 rings (SSSR count). The van der Waals surface area contributed by atoms with Gasteiger partial charge in [0.1, 0.15) is 5.25 Å². The van der Waals surface area contributed by atoms with Gasteiger partial charge in [-0.25, -0.2) is 0 Å². The van der Waals surface area contributed by atoms with Gasteiger partial charge in [0.15, 0.2) is 0 Å². The number of thioether (sulfide) groups is 1. The maximum absolute atomic E-state index is 13.1. The van der Waals surface area contributed by atoms with E-state index in [0.717, 1.165) is 43.7 Å². The van der Waals surface area contributed by atoms with Gasteiger partial charge < -0.3 is 10.0 Å². The average molecular weight is 359 g/mol. The third kappa shape index (κ3) is 4.09. The number of allylic oxidation sites excluding steroid dienone is 2. The molecule has 2 aliphatic rings. The second-order valence-corrected chi connectivity index (χ2v) is 8.52. The van der Waals surface area contributed by atoms with Crippen LogP contribution >= 0.6 is 11.8 Å². The Morgan fingerprint density at radius 3 is 2.76 bits per heavy atom. The monoisotopic (exact) mass is 359 g/mol. The molecule has 1 heterocycles. The van der Waals surface area contributed by atoms with E-state index >= 15 is 0 Å². The number of piperidine rings is 1. The summed E-state index contributed by atoms with van der Waals surface area (Å²) in [5, 5.41) is 8.59. The predicted molar refractivity (Wildman–Crippen MR) is 100.0 cm³/mol. The van der Waals surface area contributed by atoms with Gasteiger partial charge in [-0.1, -0.05) is 24.3 Å². The molecule has 1 aromatic rings. The Morgan fingerprint density at radius 1 is 1.24 bits per heavy atom. The highest BCUT2D eigenvalue weighted by Crippen LogP contribution is 2.41. The van der Waals surface area contributed by atoms with Crippen LogP contribution in [0, 0.1) is 5.41 Å². The molecule has 1 N–H and O–H groups in total. The van der Waals surface area contributed by atoms with E-state index in [9.17, 15) is 9.59 Å². The number of hydrogen-bond acceptors (Lipinski definition) is 3. The molecular weight excluding hydrogens is 334 g/mol. The van der Waals surface area contributed by atoms with Gasteiger partial charge in [0.05, 0.1) is 5.56 Å². The van der Waals surface area contributed by atoms with Crippen LogP contribution < -0.4 is 0 Å². The minimum Gasteiger partial charge on any atom is -0.480 e. The quantitative estimate of drug-likeness (QED) is 0.646. The number of likely N-dealkylation sites (tertiary alicyclic amines) is 1. The van der Waals surface area contributed by atoms with Crippen LogP contribution in [-0.4, -0.2) is 40.2 Å². The van der Waals surface area contributed by atoms with Crippen LogP contribution in [0.5, 0.6) is 0 Å². The first-order chi connectivity index (χ1) is 12.0. The van der Waals surface area contributed by atoms with Gasteiger partial charge >= 0.3 is 5.97 Å². The molecule has 1 amide bonds. The van der Waals surface area contributed by atoms with Gasteiger partial charge in [-0.15, -0.1) is 11.8 Å². The lowest BCUT2D eigenvalue weighted by Gasteiger charge is -2.44. The number of aliphatic carboxylic acids is 1. The molecule has 25 heavy (non-hydrogen) atoms. The third-order valence-corrected chi connectivity index (χ3v) is 6.44. The Bertz CT molecular complexity index is 687. The van der Waals surface area contributed by atoms with E-state index < -0.39 is 11.2 Å². The Balaban J connectivity index is 1.78. The Kier molecular flexibility index (Phi) is 5.52. The SMILES string of the molecule is CC(Sc1ccccc1C(=O)N1CCCC2(CC=CCC2)C1)C(=O)O. The molecule has 0 saturated carbocycles. The molecule has 1 aliphatic heterocycles. The summed E-state index contributed by atoms with van der Waals surface area (Å²) >= 11 is 1.24. The minimum atomic E-state index is -0.863. The first kappa shape index (κ1) is 18.1. The summed E-state index contributed by atoms with van der Waals surface area (Å²) in [6.45, 7) is 3.25. The van der Waals surface area contributed by atoms with E-state index in [4.69, 9.17) is 5.11 Å². The van der Waals surface area contributed by atoms with Crippen molar-refractivity contribution in [3.05, 3.63) is 42.0 Å². The van der Waals surface area contributed by atoms with Gasteiger partial charge in [-0.3, -0.25) is 9.59 Å². The number of nitrogens with zero attached hydrogens (tertiary/aromatic N) is 1. The van der Waals surface area contributed by atoms with Crippen molar-refractivity contribution in [2.75, 3.05) is 13.1 Å². The molecule has 0 aromatic heterocycles. The highest BCUT2D eigenvalue weighted by Gasteiger charge is 2.37. The Labute approximate surface area is 153 Å². The Morgan fingerprint density at radius 2 is 2.04 bits per heavy atom. The first-order valence-electron chi connectivity index (χ1n) is 8.94. The van der Waals surface area contributed by atoms with Crippen molar-refractivity contribution in [3.8, 4) is 0 Å². The number of rotatable bonds is 4. The second-order valence-electron chi connectivity index (χ2n) is 7.14. The zero-order valence-electron chi connectivity index (χ0n) is 14.6. The number of carboxylic acids is 1. The number of carbonyl (C=O) groups is 2. The largest absolute Gasteiger partial charge is 0.480 e. The molecule has 2 unspecified atom stereocenters. The van der Waals surface area contributed by atoms with Crippen molar-refractivity contribution >= 4 is 23.6 Å². The lowest BCUT2D eigenvalue weighted by molar-refractivity contribution is -0.136. The van der Waals surface area contributed by atoms with E-state index in [1.165, 1.54) is 18.2 Å². The van der Waals surface area contributed by atoms with Crippen molar-refractivity contribution in [1.82, 2.24) is 4.90 Å².